The summed E-state index contributed by atoms with van der Waals surface area (Å²) in [7, 11) is 1.69. The Morgan fingerprint density at radius 2 is 2.24 bits per heavy atom. The van der Waals surface area contributed by atoms with Crippen LogP contribution in [0.4, 0.5) is 10.1 Å². The van der Waals surface area contributed by atoms with Crippen molar-refractivity contribution in [3.8, 4) is 0 Å². The van der Waals surface area contributed by atoms with E-state index in [0.717, 1.165) is 18.6 Å². The van der Waals surface area contributed by atoms with E-state index in [4.69, 9.17) is 0 Å². The lowest BCUT2D eigenvalue weighted by atomic mass is 10.0. The van der Waals surface area contributed by atoms with Crippen molar-refractivity contribution in [2.24, 2.45) is 5.41 Å². The third kappa shape index (κ3) is 2.80. The number of amides is 1. The van der Waals surface area contributed by atoms with E-state index in [1.165, 1.54) is 17.0 Å². The Balaban J connectivity index is 2.04. The molecule has 0 unspecified atom stereocenters. The van der Waals surface area contributed by atoms with Gasteiger partial charge in [-0.2, -0.15) is 12.6 Å². The topological polar surface area (TPSA) is 20.3 Å². The largest absolute Gasteiger partial charge is 0.315 e. The van der Waals surface area contributed by atoms with Gasteiger partial charge in [-0.05, 0) is 42.2 Å². The SMILES string of the molecule is CN(C(=O)CC1(CS)CC1)c1cccc(F)c1. The minimum absolute atomic E-state index is 0.0298. The number of carbonyl (C=O) groups excluding carboxylic acids is 1. The van der Waals surface area contributed by atoms with E-state index in [2.05, 4.69) is 12.6 Å². The average molecular weight is 253 g/mol. The van der Waals surface area contributed by atoms with E-state index in [-0.39, 0.29) is 17.1 Å². The van der Waals surface area contributed by atoms with Crippen LogP contribution in [0.2, 0.25) is 0 Å². The van der Waals surface area contributed by atoms with Crippen LogP contribution in [0, 0.1) is 11.2 Å². The van der Waals surface area contributed by atoms with Gasteiger partial charge in [0.25, 0.3) is 0 Å². The summed E-state index contributed by atoms with van der Waals surface area (Å²) in [5.41, 5.74) is 0.701. The van der Waals surface area contributed by atoms with Gasteiger partial charge in [0.05, 0.1) is 0 Å². The lowest BCUT2D eigenvalue weighted by molar-refractivity contribution is -0.119. The van der Waals surface area contributed by atoms with Crippen molar-refractivity contribution in [2.45, 2.75) is 19.3 Å². The number of hydrogen-bond acceptors (Lipinski definition) is 2. The molecule has 1 aromatic rings. The van der Waals surface area contributed by atoms with Crippen LogP contribution in [0.1, 0.15) is 19.3 Å². The number of anilines is 1. The molecular weight excluding hydrogens is 237 g/mol. The molecule has 1 fully saturated rings. The summed E-state index contributed by atoms with van der Waals surface area (Å²) in [4.78, 5) is 13.6. The molecule has 1 saturated carbocycles. The van der Waals surface area contributed by atoms with Gasteiger partial charge >= 0.3 is 0 Å². The van der Waals surface area contributed by atoms with Crippen molar-refractivity contribution >= 4 is 24.2 Å². The van der Waals surface area contributed by atoms with E-state index in [1.54, 1.807) is 19.2 Å². The van der Waals surface area contributed by atoms with Crippen molar-refractivity contribution in [1.82, 2.24) is 0 Å². The number of benzene rings is 1. The van der Waals surface area contributed by atoms with Crippen LogP contribution in [0.5, 0.6) is 0 Å². The minimum Gasteiger partial charge on any atom is -0.315 e. The molecule has 4 heteroatoms. The summed E-state index contributed by atoms with van der Waals surface area (Å²) in [6.07, 6.45) is 2.64. The van der Waals surface area contributed by atoms with E-state index in [0.29, 0.717) is 12.1 Å². The lowest BCUT2D eigenvalue weighted by Gasteiger charge is -2.20. The zero-order valence-electron chi connectivity index (χ0n) is 9.82. The Bertz CT molecular complexity index is 431. The molecule has 1 aliphatic rings. The second kappa shape index (κ2) is 4.69. The fourth-order valence-corrected chi connectivity index (χ4v) is 2.26. The molecule has 1 aromatic carbocycles. The van der Waals surface area contributed by atoms with Crippen molar-refractivity contribution in [1.29, 1.82) is 0 Å². The Kier molecular flexibility index (Phi) is 3.43. The molecule has 0 bridgehead atoms. The maximum Gasteiger partial charge on any atom is 0.227 e. The normalized spacial score (nSPS) is 16.6. The molecule has 0 aromatic heterocycles. The average Bonchev–Trinajstić information content (AvgIpc) is 3.08. The number of hydrogen-bond donors (Lipinski definition) is 1. The monoisotopic (exact) mass is 253 g/mol. The highest BCUT2D eigenvalue weighted by atomic mass is 32.1. The van der Waals surface area contributed by atoms with Crippen LogP contribution in [-0.2, 0) is 4.79 Å². The van der Waals surface area contributed by atoms with E-state index in [9.17, 15) is 9.18 Å². The van der Waals surface area contributed by atoms with Crippen LogP contribution >= 0.6 is 12.6 Å². The predicted octanol–water partition coefficient (Wildman–Crippen LogP) is 2.89. The van der Waals surface area contributed by atoms with Crippen molar-refractivity contribution in [2.75, 3.05) is 17.7 Å². The number of nitrogens with zero attached hydrogens (tertiary/aromatic N) is 1. The van der Waals surface area contributed by atoms with Crippen LogP contribution in [0.15, 0.2) is 24.3 Å². The van der Waals surface area contributed by atoms with Crippen molar-refractivity contribution in [3.63, 3.8) is 0 Å². The van der Waals surface area contributed by atoms with Gasteiger partial charge in [-0.1, -0.05) is 6.07 Å². The number of carbonyl (C=O) groups is 1. The van der Waals surface area contributed by atoms with Gasteiger partial charge in [0.2, 0.25) is 5.91 Å². The molecule has 2 nitrogen and oxygen atoms in total. The Morgan fingerprint density at radius 3 is 2.76 bits per heavy atom. The number of thiol groups is 1. The van der Waals surface area contributed by atoms with Crippen LogP contribution in [0.25, 0.3) is 0 Å². The van der Waals surface area contributed by atoms with Gasteiger partial charge in [-0.15, -0.1) is 0 Å². The van der Waals surface area contributed by atoms with E-state index < -0.39 is 0 Å². The second-order valence-corrected chi connectivity index (χ2v) is 5.08. The summed E-state index contributed by atoms with van der Waals surface area (Å²) in [6.45, 7) is 0. The fraction of sp³-hybridized carbons (Fsp3) is 0.462. The zero-order chi connectivity index (χ0) is 12.5. The Hall–Kier alpha value is -1.03. The minimum atomic E-state index is -0.322. The molecule has 0 heterocycles. The number of rotatable bonds is 4. The van der Waals surface area contributed by atoms with E-state index >= 15 is 0 Å². The van der Waals surface area contributed by atoms with Gasteiger partial charge in [0.15, 0.2) is 0 Å². The van der Waals surface area contributed by atoms with Crippen LogP contribution in [-0.4, -0.2) is 18.7 Å². The second-order valence-electron chi connectivity index (χ2n) is 4.77. The first kappa shape index (κ1) is 12.4. The van der Waals surface area contributed by atoms with Gasteiger partial charge in [0, 0.05) is 19.2 Å². The van der Waals surface area contributed by atoms with Crippen molar-refractivity contribution < 1.29 is 9.18 Å². The third-order valence-electron chi connectivity index (χ3n) is 3.39. The summed E-state index contributed by atoms with van der Waals surface area (Å²) in [5, 5.41) is 0. The first-order chi connectivity index (χ1) is 8.06. The summed E-state index contributed by atoms with van der Waals surface area (Å²) >= 11 is 4.28. The Labute approximate surface area is 106 Å². The smallest absolute Gasteiger partial charge is 0.227 e. The summed E-state index contributed by atoms with van der Waals surface area (Å²) in [5.74, 6) is 0.454. The molecule has 2 rings (SSSR count). The highest BCUT2D eigenvalue weighted by molar-refractivity contribution is 7.80. The molecule has 92 valence electrons. The maximum absolute atomic E-state index is 13.1. The maximum atomic E-state index is 13.1. The van der Waals surface area contributed by atoms with Gasteiger partial charge in [0.1, 0.15) is 5.82 Å². The molecule has 0 N–H and O–H groups in total. The molecule has 1 aliphatic carbocycles. The highest BCUT2D eigenvalue weighted by Crippen LogP contribution is 2.49. The van der Waals surface area contributed by atoms with Gasteiger partial charge in [-0.3, -0.25) is 4.79 Å². The Morgan fingerprint density at radius 1 is 1.53 bits per heavy atom. The third-order valence-corrected chi connectivity index (χ3v) is 4.06. The molecule has 0 radical (unpaired) electrons. The highest BCUT2D eigenvalue weighted by Gasteiger charge is 2.43. The number of halogens is 1. The molecule has 0 aliphatic heterocycles. The van der Waals surface area contributed by atoms with E-state index in [1.807, 2.05) is 0 Å². The lowest BCUT2D eigenvalue weighted by Crippen LogP contribution is -2.29. The molecule has 1 amide bonds. The first-order valence-corrected chi connectivity index (χ1v) is 6.33. The van der Waals surface area contributed by atoms with Gasteiger partial charge in [-0.25, -0.2) is 4.39 Å². The predicted molar refractivity (Wildman–Crippen MR) is 69.9 cm³/mol. The molecule has 0 saturated heterocycles. The first-order valence-electron chi connectivity index (χ1n) is 5.69. The quantitative estimate of drug-likeness (QED) is 0.818. The molecule has 0 spiro atoms. The standard InChI is InChI=1S/C13H16FNOS/c1-15(11-4-2-3-10(14)7-11)12(16)8-13(9-17)5-6-13/h2-4,7,17H,5-6,8-9H2,1H3. The van der Waals surface area contributed by atoms with Crippen LogP contribution in [0.3, 0.4) is 0 Å². The summed E-state index contributed by atoms with van der Waals surface area (Å²) < 4.78 is 13.1. The molecule has 0 atom stereocenters. The molecular formula is C13H16FNOS. The fourth-order valence-electron chi connectivity index (χ4n) is 1.84. The zero-order valence-corrected chi connectivity index (χ0v) is 10.7. The summed E-state index contributed by atoms with van der Waals surface area (Å²) in [6, 6.07) is 6.09. The van der Waals surface area contributed by atoms with Crippen LogP contribution < -0.4 is 4.90 Å². The molecule has 17 heavy (non-hydrogen) atoms. The van der Waals surface area contributed by atoms with Crippen molar-refractivity contribution in [3.05, 3.63) is 30.1 Å². The van der Waals surface area contributed by atoms with Gasteiger partial charge < -0.3 is 4.90 Å².